The minimum absolute atomic E-state index is 0.000209. The summed E-state index contributed by atoms with van der Waals surface area (Å²) in [5.41, 5.74) is 0. The van der Waals surface area contributed by atoms with E-state index in [-0.39, 0.29) is 19.1 Å². The summed E-state index contributed by atoms with van der Waals surface area (Å²) in [6.45, 7) is 4.57. The Labute approximate surface area is 472 Å². The number of nitrogens with one attached hydrogen (secondary N) is 1. The molecule has 0 spiro atoms. The first-order valence-electron chi connectivity index (χ1n) is 32.7. The van der Waals surface area contributed by atoms with E-state index in [1.807, 2.05) is 27.2 Å². The molecule has 3 unspecified atom stereocenters. The van der Waals surface area contributed by atoms with Gasteiger partial charge in [-0.25, -0.2) is 0 Å². The van der Waals surface area contributed by atoms with Crippen molar-refractivity contribution in [3.63, 3.8) is 0 Å². The van der Waals surface area contributed by atoms with E-state index in [2.05, 4.69) is 67.8 Å². The number of quaternary nitrogens is 1. The molecule has 446 valence electrons. The standard InChI is InChI=1S/C67H127N2O6P/c1-6-8-10-12-14-16-18-20-22-24-25-26-27-28-29-30-31-32-33-34-35-36-37-38-39-40-41-42-43-45-47-49-51-53-55-57-59-61-67(71)68-65(64-75-76(72,73)74-63-62-69(3,4)5)66(70)60-58-56-54-52-50-48-46-44-23-21-19-17-15-13-11-9-7-2/h8,10,14,16,20,22,25-26,58,60,65-66,70H,6-7,9,11-13,15,17-19,21,23-24,27-57,59,61-64H2,1-5H3,(H-,68,71,72,73)/b10-8-,16-14-,22-20-,26-25-,60-58+. The third-order valence-electron chi connectivity index (χ3n) is 14.7. The molecular formula is C67H127N2O6P. The molecule has 1 amide bonds. The first-order chi connectivity index (χ1) is 37.0. The summed E-state index contributed by atoms with van der Waals surface area (Å²) in [7, 11) is 1.27. The molecule has 2 N–H and O–H groups in total. The number of phosphoric ester groups is 1. The molecule has 0 aromatic heterocycles. The number of hydrogen-bond acceptors (Lipinski definition) is 6. The van der Waals surface area contributed by atoms with Crippen LogP contribution >= 0.6 is 7.82 Å². The number of hydrogen-bond donors (Lipinski definition) is 2. The molecule has 0 bridgehead atoms. The van der Waals surface area contributed by atoms with Gasteiger partial charge in [0, 0.05) is 6.42 Å². The molecule has 0 saturated carbocycles. The van der Waals surface area contributed by atoms with Crippen molar-refractivity contribution in [3.05, 3.63) is 60.8 Å². The molecule has 0 fully saturated rings. The van der Waals surface area contributed by atoms with E-state index < -0.39 is 20.0 Å². The van der Waals surface area contributed by atoms with Gasteiger partial charge in [0.05, 0.1) is 39.9 Å². The SMILES string of the molecule is CC/C=C\C/C=C\C/C=C\C/C=C\CCCCCCCCCCCCCCCCCCCCCCCCCCC(=O)NC(COP(=O)([O-])OCC[N+](C)(C)C)C(O)/C=C/CCCCCCCCCCCCCCCCC. The smallest absolute Gasteiger partial charge is 0.268 e. The highest BCUT2D eigenvalue weighted by Gasteiger charge is 2.23. The van der Waals surface area contributed by atoms with Crippen LogP contribution in [-0.2, 0) is 18.4 Å². The number of likely N-dealkylation sites (N-methyl/N-ethyl adjacent to an activating group) is 1. The van der Waals surface area contributed by atoms with Crippen LogP contribution in [0.15, 0.2) is 60.8 Å². The van der Waals surface area contributed by atoms with Gasteiger partial charge in [-0.3, -0.25) is 9.36 Å². The predicted molar refractivity (Wildman–Crippen MR) is 330 cm³/mol. The number of allylic oxidation sites excluding steroid dienone is 9. The Balaban J connectivity index is 3.96. The summed E-state index contributed by atoms with van der Waals surface area (Å²) in [5.74, 6) is -0.192. The molecule has 0 radical (unpaired) electrons. The Kier molecular flexibility index (Phi) is 56.5. The van der Waals surface area contributed by atoms with E-state index in [9.17, 15) is 19.4 Å². The van der Waals surface area contributed by atoms with Crippen molar-refractivity contribution in [3.8, 4) is 0 Å². The lowest BCUT2D eigenvalue weighted by Crippen LogP contribution is -2.45. The van der Waals surface area contributed by atoms with E-state index in [1.54, 1.807) is 6.08 Å². The van der Waals surface area contributed by atoms with E-state index in [0.29, 0.717) is 17.4 Å². The number of nitrogens with zero attached hydrogens (tertiary/aromatic N) is 1. The van der Waals surface area contributed by atoms with Crippen LogP contribution in [0.2, 0.25) is 0 Å². The quantitative estimate of drug-likeness (QED) is 0.0272. The van der Waals surface area contributed by atoms with Crippen LogP contribution in [0.3, 0.4) is 0 Å². The fourth-order valence-electron chi connectivity index (χ4n) is 9.68. The molecule has 0 aliphatic carbocycles. The van der Waals surface area contributed by atoms with Gasteiger partial charge in [-0.05, 0) is 57.8 Å². The lowest BCUT2D eigenvalue weighted by molar-refractivity contribution is -0.870. The van der Waals surface area contributed by atoms with Crippen LogP contribution < -0.4 is 10.2 Å². The van der Waals surface area contributed by atoms with Gasteiger partial charge in [0.25, 0.3) is 7.82 Å². The third kappa shape index (κ3) is 59.9. The third-order valence-corrected chi connectivity index (χ3v) is 15.7. The fraction of sp³-hybridized carbons (Fsp3) is 0.836. The van der Waals surface area contributed by atoms with Crippen LogP contribution in [0.1, 0.15) is 309 Å². The number of carbonyl (C=O) groups excluding carboxylic acids is 1. The Morgan fingerprint density at radius 3 is 1.17 bits per heavy atom. The number of carbonyl (C=O) groups is 1. The number of rotatable bonds is 60. The summed E-state index contributed by atoms with van der Waals surface area (Å²) in [6.07, 6.45) is 79.0. The highest BCUT2D eigenvalue weighted by Crippen LogP contribution is 2.38. The molecule has 0 aliphatic rings. The average molecular weight is 1090 g/mol. The maximum absolute atomic E-state index is 13.0. The van der Waals surface area contributed by atoms with E-state index in [4.69, 9.17) is 9.05 Å². The zero-order chi connectivity index (χ0) is 55.6. The van der Waals surface area contributed by atoms with Crippen molar-refractivity contribution < 1.29 is 32.9 Å². The van der Waals surface area contributed by atoms with Gasteiger partial charge in [-0.2, -0.15) is 0 Å². The zero-order valence-corrected chi connectivity index (χ0v) is 51.9. The van der Waals surface area contributed by atoms with Crippen molar-refractivity contribution in [1.82, 2.24) is 5.32 Å². The van der Waals surface area contributed by atoms with Gasteiger partial charge in [0.15, 0.2) is 0 Å². The summed E-state index contributed by atoms with van der Waals surface area (Å²) in [4.78, 5) is 25.5. The number of amides is 1. The first-order valence-corrected chi connectivity index (χ1v) is 34.1. The van der Waals surface area contributed by atoms with Crippen molar-refractivity contribution in [2.45, 2.75) is 321 Å². The van der Waals surface area contributed by atoms with Crippen molar-refractivity contribution in [1.29, 1.82) is 0 Å². The molecule has 0 aromatic carbocycles. The van der Waals surface area contributed by atoms with Gasteiger partial charge in [-0.15, -0.1) is 0 Å². The molecule has 0 heterocycles. The van der Waals surface area contributed by atoms with Gasteiger partial charge in [-0.1, -0.05) is 306 Å². The fourth-order valence-corrected chi connectivity index (χ4v) is 10.4. The van der Waals surface area contributed by atoms with E-state index in [1.165, 1.54) is 225 Å². The van der Waals surface area contributed by atoms with Crippen LogP contribution in [0, 0.1) is 0 Å². The largest absolute Gasteiger partial charge is 0.756 e. The second-order valence-electron chi connectivity index (χ2n) is 23.4. The van der Waals surface area contributed by atoms with Crippen molar-refractivity contribution >= 4 is 13.7 Å². The Hall–Kier alpha value is -1.80. The van der Waals surface area contributed by atoms with Gasteiger partial charge < -0.3 is 28.8 Å². The number of aliphatic hydroxyl groups excluding tert-OH is 1. The van der Waals surface area contributed by atoms with Crippen LogP contribution in [-0.4, -0.2) is 68.5 Å². The Morgan fingerprint density at radius 2 is 0.803 bits per heavy atom. The second kappa shape index (κ2) is 57.9. The topological polar surface area (TPSA) is 108 Å². The molecule has 0 saturated heterocycles. The van der Waals surface area contributed by atoms with Crippen molar-refractivity contribution in [2.24, 2.45) is 0 Å². The average Bonchev–Trinajstić information content (AvgIpc) is 3.38. The van der Waals surface area contributed by atoms with E-state index in [0.717, 1.165) is 64.2 Å². The number of phosphoric acid groups is 1. The van der Waals surface area contributed by atoms with Crippen LogP contribution in [0.25, 0.3) is 0 Å². The maximum atomic E-state index is 13.0. The Bertz CT molecular complexity index is 1420. The molecule has 76 heavy (non-hydrogen) atoms. The monoisotopic (exact) mass is 1090 g/mol. The number of unbranched alkanes of at least 4 members (excludes halogenated alkanes) is 39. The molecule has 8 nitrogen and oxygen atoms in total. The molecule has 3 atom stereocenters. The van der Waals surface area contributed by atoms with E-state index >= 15 is 0 Å². The molecule has 0 aromatic rings. The Morgan fingerprint density at radius 1 is 0.474 bits per heavy atom. The van der Waals surface area contributed by atoms with Crippen LogP contribution in [0.5, 0.6) is 0 Å². The molecule has 9 heteroatoms. The molecular weight excluding hydrogens is 960 g/mol. The first kappa shape index (κ1) is 74.2. The summed E-state index contributed by atoms with van der Waals surface area (Å²) >= 11 is 0. The van der Waals surface area contributed by atoms with Crippen molar-refractivity contribution in [2.75, 3.05) is 40.9 Å². The zero-order valence-electron chi connectivity index (χ0n) is 51.0. The van der Waals surface area contributed by atoms with Gasteiger partial charge >= 0.3 is 0 Å². The number of aliphatic hydroxyl groups is 1. The highest BCUT2D eigenvalue weighted by atomic mass is 31.2. The minimum Gasteiger partial charge on any atom is -0.756 e. The predicted octanol–water partition coefficient (Wildman–Crippen LogP) is 19.8. The van der Waals surface area contributed by atoms with Gasteiger partial charge in [0.1, 0.15) is 13.2 Å². The lowest BCUT2D eigenvalue weighted by atomic mass is 10.0. The highest BCUT2D eigenvalue weighted by molar-refractivity contribution is 7.45. The van der Waals surface area contributed by atoms with Crippen LogP contribution in [0.4, 0.5) is 0 Å². The minimum atomic E-state index is -4.60. The molecule has 0 aliphatic heterocycles. The second-order valence-corrected chi connectivity index (χ2v) is 24.9. The summed E-state index contributed by atoms with van der Waals surface area (Å²) in [5, 5.41) is 13.9. The normalized spacial score (nSPS) is 14.1. The maximum Gasteiger partial charge on any atom is 0.268 e. The summed E-state index contributed by atoms with van der Waals surface area (Å²) < 4.78 is 23.4. The molecule has 0 rings (SSSR count). The lowest BCUT2D eigenvalue weighted by Gasteiger charge is -2.29. The van der Waals surface area contributed by atoms with Gasteiger partial charge in [0.2, 0.25) is 5.91 Å². The summed E-state index contributed by atoms with van der Waals surface area (Å²) in [6, 6.07) is -0.886.